The third-order valence-corrected chi connectivity index (χ3v) is 1.30. The average Bonchev–Trinajstić information content (AvgIpc) is 2.31. The maximum atomic E-state index is 10.9. The molecule has 6 heteroatoms. The van der Waals surface area contributed by atoms with Crippen LogP contribution in [-0.2, 0) is 0 Å². The van der Waals surface area contributed by atoms with Gasteiger partial charge in [0.25, 0.3) is 5.56 Å². The van der Waals surface area contributed by atoms with E-state index in [2.05, 4.69) is 15.1 Å². The first kappa shape index (κ1) is 5.90. The van der Waals surface area contributed by atoms with Crippen molar-refractivity contribution in [1.82, 2.24) is 19.9 Å². The Kier molecular flexibility index (Phi) is 0.974. The molecule has 2 N–H and O–H groups in total. The van der Waals surface area contributed by atoms with Gasteiger partial charge in [0.1, 0.15) is 5.52 Å². The van der Waals surface area contributed by atoms with Gasteiger partial charge < -0.3 is 10.2 Å². The van der Waals surface area contributed by atoms with E-state index in [1.54, 1.807) is 0 Å². The monoisotopic (exact) mass is 152 g/mol. The van der Waals surface area contributed by atoms with Crippen LogP contribution in [0.15, 0.2) is 17.3 Å². The Morgan fingerprint density at radius 2 is 2.45 bits per heavy atom. The molecule has 0 spiro atoms. The fraction of sp³-hybridized carbons (Fsp3) is 0. The fourth-order valence-corrected chi connectivity index (χ4v) is 0.838. The van der Waals surface area contributed by atoms with E-state index in [1.165, 1.54) is 12.5 Å². The largest absolute Gasteiger partial charge is 0.412 e. The van der Waals surface area contributed by atoms with Gasteiger partial charge in [0.05, 0.1) is 12.5 Å². The number of hydrogen-bond acceptors (Lipinski definition) is 4. The third-order valence-electron chi connectivity index (χ3n) is 1.30. The number of nitrogens with one attached hydrogen (secondary N) is 1. The first-order valence-electron chi connectivity index (χ1n) is 2.90. The van der Waals surface area contributed by atoms with Crippen LogP contribution >= 0.6 is 0 Å². The summed E-state index contributed by atoms with van der Waals surface area (Å²) >= 11 is 0. The Bertz CT molecular complexity index is 443. The number of aromatic nitrogens is 4. The van der Waals surface area contributed by atoms with Crippen LogP contribution in [0.1, 0.15) is 0 Å². The summed E-state index contributed by atoms with van der Waals surface area (Å²) in [7, 11) is 0. The summed E-state index contributed by atoms with van der Waals surface area (Å²) in [6.07, 6.45) is 2.51. The van der Waals surface area contributed by atoms with Crippen molar-refractivity contribution in [2.75, 3.05) is 0 Å². The van der Waals surface area contributed by atoms with Crippen LogP contribution < -0.4 is 5.56 Å². The van der Waals surface area contributed by atoms with Crippen LogP contribution in [0.5, 0.6) is 0 Å². The lowest BCUT2D eigenvalue weighted by molar-refractivity contribution is 0.151. The Morgan fingerprint density at radius 3 is 3.18 bits per heavy atom. The van der Waals surface area contributed by atoms with Gasteiger partial charge in [-0.25, -0.2) is 4.98 Å². The molecule has 0 aliphatic heterocycles. The molecule has 0 saturated heterocycles. The molecule has 2 heterocycles. The van der Waals surface area contributed by atoms with Crippen LogP contribution in [0.3, 0.4) is 0 Å². The zero-order valence-electron chi connectivity index (χ0n) is 5.35. The van der Waals surface area contributed by atoms with Crippen molar-refractivity contribution in [2.24, 2.45) is 0 Å². The van der Waals surface area contributed by atoms with E-state index in [0.29, 0.717) is 10.4 Å². The zero-order chi connectivity index (χ0) is 7.84. The summed E-state index contributed by atoms with van der Waals surface area (Å²) in [6, 6.07) is 0. The van der Waals surface area contributed by atoms with Gasteiger partial charge in [-0.05, 0) is 0 Å². The maximum absolute atomic E-state index is 10.9. The second kappa shape index (κ2) is 1.82. The lowest BCUT2D eigenvalue weighted by Gasteiger charge is -1.80. The van der Waals surface area contributed by atoms with Gasteiger partial charge in [0, 0.05) is 0 Å². The highest BCUT2D eigenvalue weighted by Gasteiger charge is 2.02. The molecule has 0 aromatic carbocycles. The van der Waals surface area contributed by atoms with Crippen LogP contribution in [0.2, 0.25) is 0 Å². The molecule has 0 atom stereocenters. The van der Waals surface area contributed by atoms with Crippen LogP contribution in [0.25, 0.3) is 11.0 Å². The highest BCUT2D eigenvalue weighted by molar-refractivity contribution is 5.71. The highest BCUT2D eigenvalue weighted by Crippen LogP contribution is 1.99. The van der Waals surface area contributed by atoms with E-state index in [1.807, 2.05) is 0 Å². The Hall–Kier alpha value is -1.85. The molecule has 0 unspecified atom stereocenters. The van der Waals surface area contributed by atoms with Gasteiger partial charge in [0.15, 0.2) is 5.52 Å². The third kappa shape index (κ3) is 0.759. The molecule has 6 nitrogen and oxygen atoms in total. The van der Waals surface area contributed by atoms with E-state index in [4.69, 9.17) is 5.21 Å². The molecule has 2 aromatic heterocycles. The molecule has 0 bridgehead atoms. The molecule has 0 aliphatic rings. The minimum atomic E-state index is -0.359. The van der Waals surface area contributed by atoms with Crippen LogP contribution in [0.4, 0.5) is 0 Å². The molecule has 2 aromatic rings. The maximum Gasteiger partial charge on any atom is 0.279 e. The number of aromatic amines is 1. The average molecular weight is 152 g/mol. The minimum Gasteiger partial charge on any atom is -0.412 e. The number of hydrogen-bond donors (Lipinski definition) is 2. The fourth-order valence-electron chi connectivity index (χ4n) is 0.838. The van der Waals surface area contributed by atoms with Crippen molar-refractivity contribution >= 4 is 11.0 Å². The topological polar surface area (TPSA) is 83.8 Å². The summed E-state index contributed by atoms with van der Waals surface area (Å²) in [5, 5.41) is 12.3. The van der Waals surface area contributed by atoms with E-state index in [9.17, 15) is 4.79 Å². The van der Waals surface area contributed by atoms with Crippen LogP contribution in [0, 0.1) is 0 Å². The molecule has 11 heavy (non-hydrogen) atoms. The Morgan fingerprint density at radius 1 is 1.64 bits per heavy atom. The lowest BCUT2D eigenvalue weighted by Crippen LogP contribution is -2.06. The van der Waals surface area contributed by atoms with Crippen molar-refractivity contribution in [3.63, 3.8) is 0 Å². The molecular formula is C5H4N4O2. The molecule has 0 radical (unpaired) electrons. The molecule has 0 aliphatic carbocycles. The normalized spacial score (nSPS) is 10.5. The van der Waals surface area contributed by atoms with Gasteiger partial charge in [-0.15, -0.1) is 9.94 Å². The Balaban J connectivity index is 3.02. The van der Waals surface area contributed by atoms with Crippen molar-refractivity contribution in [1.29, 1.82) is 0 Å². The predicted octanol–water partition coefficient (Wildman–Crippen LogP) is -0.643. The molecule has 0 saturated carbocycles. The predicted molar refractivity (Wildman–Crippen MR) is 35.3 cm³/mol. The molecule has 0 amide bonds. The Labute approximate surface area is 60.1 Å². The molecule has 0 fully saturated rings. The number of H-pyrrole nitrogens is 1. The van der Waals surface area contributed by atoms with Crippen LogP contribution in [-0.4, -0.2) is 25.1 Å². The van der Waals surface area contributed by atoms with E-state index >= 15 is 0 Å². The standard InChI is InChI=1S/C5H4N4O2/c10-5-4-3(6-2-7-5)1-9(11)8-4/h1-2,11H,(H,6,7,10). The van der Waals surface area contributed by atoms with Gasteiger partial charge in [-0.2, -0.15) is 0 Å². The second-order valence-corrected chi connectivity index (χ2v) is 2.01. The first-order chi connectivity index (χ1) is 5.27. The molecule has 56 valence electrons. The number of rotatable bonds is 0. The number of nitrogens with zero attached hydrogens (tertiary/aromatic N) is 3. The van der Waals surface area contributed by atoms with E-state index < -0.39 is 0 Å². The summed E-state index contributed by atoms with van der Waals surface area (Å²) in [4.78, 5) is 17.6. The van der Waals surface area contributed by atoms with Gasteiger partial charge in [-0.3, -0.25) is 4.79 Å². The van der Waals surface area contributed by atoms with E-state index in [0.717, 1.165) is 0 Å². The van der Waals surface area contributed by atoms with Gasteiger partial charge in [0.2, 0.25) is 0 Å². The van der Waals surface area contributed by atoms with E-state index in [-0.39, 0.29) is 11.1 Å². The number of fused-ring (bicyclic) bond motifs is 1. The quantitative estimate of drug-likeness (QED) is 0.491. The summed E-state index contributed by atoms with van der Waals surface area (Å²) < 4.78 is 0. The van der Waals surface area contributed by atoms with Gasteiger partial charge >= 0.3 is 0 Å². The van der Waals surface area contributed by atoms with Crippen molar-refractivity contribution in [3.8, 4) is 0 Å². The van der Waals surface area contributed by atoms with Crippen molar-refractivity contribution in [3.05, 3.63) is 22.9 Å². The summed E-state index contributed by atoms with van der Waals surface area (Å²) in [5.74, 6) is 0. The first-order valence-corrected chi connectivity index (χ1v) is 2.90. The van der Waals surface area contributed by atoms with Gasteiger partial charge in [-0.1, -0.05) is 0 Å². The van der Waals surface area contributed by atoms with Crippen molar-refractivity contribution < 1.29 is 5.21 Å². The lowest BCUT2D eigenvalue weighted by atomic mass is 10.5. The summed E-state index contributed by atoms with van der Waals surface area (Å²) in [6.45, 7) is 0. The SMILES string of the molecule is O=c1[nH]cnc2cn(O)nc12. The second-order valence-electron chi connectivity index (χ2n) is 2.01. The smallest absolute Gasteiger partial charge is 0.279 e. The minimum absolute atomic E-state index is 0.134. The summed E-state index contributed by atoms with van der Waals surface area (Å²) in [5.41, 5.74) is 0.147. The molecular weight excluding hydrogens is 148 g/mol. The molecule has 2 rings (SSSR count). The highest BCUT2D eigenvalue weighted by atomic mass is 16.5. The zero-order valence-corrected chi connectivity index (χ0v) is 5.35. The van der Waals surface area contributed by atoms with Crippen molar-refractivity contribution in [2.45, 2.75) is 0 Å².